The van der Waals surface area contributed by atoms with Gasteiger partial charge in [-0.2, -0.15) is 0 Å². The molecule has 0 radical (unpaired) electrons. The molecule has 1 aromatic carbocycles. The van der Waals surface area contributed by atoms with Crippen LogP contribution in [0.3, 0.4) is 0 Å². The molecule has 108 valence electrons. The smallest absolute Gasteiger partial charge is 0.196 e. The van der Waals surface area contributed by atoms with Gasteiger partial charge in [-0.3, -0.25) is 0 Å². The van der Waals surface area contributed by atoms with Gasteiger partial charge in [0.1, 0.15) is 5.52 Å². The van der Waals surface area contributed by atoms with Crippen LogP contribution in [0, 0.1) is 17.5 Å². The zero-order valence-corrected chi connectivity index (χ0v) is 11.6. The van der Waals surface area contributed by atoms with Gasteiger partial charge in [-0.1, -0.05) is 20.3 Å². The molecule has 0 fully saturated rings. The number of benzene rings is 1. The van der Waals surface area contributed by atoms with Gasteiger partial charge in [0, 0.05) is 23.3 Å². The van der Waals surface area contributed by atoms with Crippen molar-refractivity contribution in [3.8, 4) is 0 Å². The van der Waals surface area contributed by atoms with Crippen molar-refractivity contribution in [2.24, 2.45) is 0 Å². The molecule has 1 aromatic heterocycles. The summed E-state index contributed by atoms with van der Waals surface area (Å²) in [6.45, 7) is 4.64. The van der Waals surface area contributed by atoms with Crippen molar-refractivity contribution in [2.45, 2.75) is 33.1 Å². The highest BCUT2D eigenvalue weighted by Crippen LogP contribution is 2.28. The van der Waals surface area contributed by atoms with E-state index in [-0.39, 0.29) is 10.9 Å². The highest BCUT2D eigenvalue weighted by atomic mass is 19.2. The number of aromatic nitrogens is 1. The SMILES string of the molecule is CCCNc1cc(CCC)nc2c(F)c(F)c(F)cc12. The molecule has 1 heterocycles. The quantitative estimate of drug-likeness (QED) is 0.821. The Morgan fingerprint density at radius 2 is 1.80 bits per heavy atom. The van der Waals surface area contributed by atoms with Crippen LogP contribution < -0.4 is 5.32 Å². The molecule has 0 aliphatic heterocycles. The summed E-state index contributed by atoms with van der Waals surface area (Å²) in [6.07, 6.45) is 2.38. The summed E-state index contributed by atoms with van der Waals surface area (Å²) in [5, 5.41) is 3.39. The summed E-state index contributed by atoms with van der Waals surface area (Å²) in [6, 6.07) is 2.77. The number of nitrogens with one attached hydrogen (secondary N) is 1. The van der Waals surface area contributed by atoms with Crippen molar-refractivity contribution in [3.63, 3.8) is 0 Å². The third-order valence-corrected chi connectivity index (χ3v) is 3.06. The molecule has 5 heteroatoms. The number of hydrogen-bond acceptors (Lipinski definition) is 2. The minimum atomic E-state index is -1.47. The van der Waals surface area contributed by atoms with E-state index in [0.29, 0.717) is 24.3 Å². The predicted molar refractivity (Wildman–Crippen MR) is 74.4 cm³/mol. The van der Waals surface area contributed by atoms with Gasteiger partial charge in [0.2, 0.25) is 0 Å². The predicted octanol–water partition coefficient (Wildman–Crippen LogP) is 4.43. The van der Waals surface area contributed by atoms with Crippen LogP contribution in [-0.2, 0) is 6.42 Å². The number of anilines is 1. The summed E-state index contributed by atoms with van der Waals surface area (Å²) in [5.41, 5.74) is 1.15. The van der Waals surface area contributed by atoms with Crippen molar-refractivity contribution in [3.05, 3.63) is 35.3 Å². The molecule has 2 aromatic rings. The highest BCUT2D eigenvalue weighted by Gasteiger charge is 2.17. The first-order chi connectivity index (χ1) is 9.58. The van der Waals surface area contributed by atoms with E-state index < -0.39 is 17.5 Å². The molecule has 20 heavy (non-hydrogen) atoms. The largest absolute Gasteiger partial charge is 0.384 e. The molecule has 0 amide bonds. The number of pyridine rings is 1. The maximum Gasteiger partial charge on any atom is 0.196 e. The monoisotopic (exact) mass is 282 g/mol. The van der Waals surface area contributed by atoms with Crippen molar-refractivity contribution in [2.75, 3.05) is 11.9 Å². The molecule has 0 atom stereocenters. The fraction of sp³-hybridized carbons (Fsp3) is 0.400. The summed E-state index contributed by atoms with van der Waals surface area (Å²) < 4.78 is 40.6. The van der Waals surface area contributed by atoms with Crippen molar-refractivity contribution < 1.29 is 13.2 Å². The minimum Gasteiger partial charge on any atom is -0.384 e. The Bertz CT molecular complexity index is 626. The Balaban J connectivity index is 2.67. The van der Waals surface area contributed by atoms with E-state index in [1.165, 1.54) is 0 Å². The number of aryl methyl sites for hydroxylation is 1. The third-order valence-electron chi connectivity index (χ3n) is 3.06. The fourth-order valence-electron chi connectivity index (χ4n) is 2.11. The van der Waals surface area contributed by atoms with Gasteiger partial charge in [0.25, 0.3) is 0 Å². The molecular formula is C15H17F3N2. The molecule has 0 saturated carbocycles. The highest BCUT2D eigenvalue weighted by molar-refractivity contribution is 5.92. The van der Waals surface area contributed by atoms with Crippen LogP contribution in [0.4, 0.5) is 18.9 Å². The number of nitrogens with zero attached hydrogens (tertiary/aromatic N) is 1. The summed E-state index contributed by atoms with van der Waals surface area (Å²) in [4.78, 5) is 4.11. The average Bonchev–Trinajstić information content (AvgIpc) is 2.44. The Morgan fingerprint density at radius 3 is 2.45 bits per heavy atom. The van der Waals surface area contributed by atoms with Gasteiger partial charge < -0.3 is 5.32 Å². The molecular weight excluding hydrogens is 265 g/mol. The van der Waals surface area contributed by atoms with E-state index in [1.54, 1.807) is 6.07 Å². The van der Waals surface area contributed by atoms with Gasteiger partial charge >= 0.3 is 0 Å². The number of halogens is 3. The molecule has 0 spiro atoms. The van der Waals surface area contributed by atoms with Crippen LogP contribution in [0.2, 0.25) is 0 Å². The molecule has 0 bridgehead atoms. The Kier molecular flexibility index (Phi) is 4.47. The number of fused-ring (bicyclic) bond motifs is 1. The van der Waals surface area contributed by atoms with Crippen LogP contribution in [-0.4, -0.2) is 11.5 Å². The van der Waals surface area contributed by atoms with Gasteiger partial charge in [-0.25, -0.2) is 18.2 Å². The first kappa shape index (κ1) is 14.6. The lowest BCUT2D eigenvalue weighted by Gasteiger charge is -2.12. The molecule has 2 nitrogen and oxygen atoms in total. The first-order valence-electron chi connectivity index (χ1n) is 6.79. The zero-order valence-electron chi connectivity index (χ0n) is 11.6. The molecule has 0 aliphatic rings. The van der Waals surface area contributed by atoms with E-state index in [2.05, 4.69) is 10.3 Å². The average molecular weight is 282 g/mol. The standard InChI is InChI=1S/C15H17F3N2/c1-3-5-9-7-12(19-6-4-2)10-8-11(16)13(17)14(18)15(10)20-9/h7-8H,3-6H2,1-2H3,(H,19,20). The Hall–Kier alpha value is -1.78. The van der Waals surface area contributed by atoms with E-state index in [0.717, 1.165) is 18.9 Å². The Morgan fingerprint density at radius 1 is 1.05 bits per heavy atom. The van der Waals surface area contributed by atoms with Crippen LogP contribution in [0.5, 0.6) is 0 Å². The van der Waals surface area contributed by atoms with Gasteiger partial charge in [0.15, 0.2) is 17.5 Å². The fourth-order valence-corrected chi connectivity index (χ4v) is 2.11. The normalized spacial score (nSPS) is 11.1. The summed E-state index contributed by atoms with van der Waals surface area (Å²) in [5.74, 6) is -3.89. The van der Waals surface area contributed by atoms with Crippen LogP contribution in [0.1, 0.15) is 32.4 Å². The van der Waals surface area contributed by atoms with E-state index in [4.69, 9.17) is 0 Å². The van der Waals surface area contributed by atoms with Gasteiger partial charge in [-0.05, 0) is 25.0 Å². The first-order valence-corrected chi connectivity index (χ1v) is 6.79. The lowest BCUT2D eigenvalue weighted by molar-refractivity contribution is 0.452. The second-order valence-electron chi connectivity index (χ2n) is 4.72. The van der Waals surface area contributed by atoms with Gasteiger partial charge in [-0.15, -0.1) is 0 Å². The third kappa shape index (κ3) is 2.71. The van der Waals surface area contributed by atoms with E-state index in [9.17, 15) is 13.2 Å². The van der Waals surface area contributed by atoms with Gasteiger partial charge in [0.05, 0.1) is 0 Å². The lowest BCUT2D eigenvalue weighted by Crippen LogP contribution is -2.05. The van der Waals surface area contributed by atoms with Crippen molar-refractivity contribution in [1.82, 2.24) is 4.98 Å². The molecule has 2 rings (SSSR count). The number of hydrogen-bond donors (Lipinski definition) is 1. The minimum absolute atomic E-state index is 0.117. The second kappa shape index (κ2) is 6.11. The van der Waals surface area contributed by atoms with Crippen LogP contribution in [0.25, 0.3) is 10.9 Å². The Labute approximate surface area is 116 Å². The lowest BCUT2D eigenvalue weighted by atomic mass is 10.1. The van der Waals surface area contributed by atoms with E-state index in [1.807, 2.05) is 13.8 Å². The molecule has 0 unspecified atom stereocenters. The number of rotatable bonds is 5. The maximum atomic E-state index is 13.9. The summed E-state index contributed by atoms with van der Waals surface area (Å²) in [7, 11) is 0. The second-order valence-corrected chi connectivity index (χ2v) is 4.72. The van der Waals surface area contributed by atoms with Crippen LogP contribution in [0.15, 0.2) is 12.1 Å². The molecule has 1 N–H and O–H groups in total. The zero-order chi connectivity index (χ0) is 14.7. The molecule has 0 aliphatic carbocycles. The molecule has 0 saturated heterocycles. The topological polar surface area (TPSA) is 24.9 Å². The van der Waals surface area contributed by atoms with Crippen molar-refractivity contribution >= 4 is 16.6 Å². The maximum absolute atomic E-state index is 13.9. The summed E-state index contributed by atoms with van der Waals surface area (Å²) >= 11 is 0. The van der Waals surface area contributed by atoms with Crippen molar-refractivity contribution in [1.29, 1.82) is 0 Å². The van der Waals surface area contributed by atoms with Crippen LogP contribution >= 0.6 is 0 Å². The van der Waals surface area contributed by atoms with E-state index >= 15 is 0 Å².